The highest BCUT2D eigenvalue weighted by molar-refractivity contribution is 7.98. The Balaban J connectivity index is 1.95. The molecule has 0 aliphatic carbocycles. The molecule has 0 amide bonds. The molecule has 0 N–H and O–H groups in total. The molecule has 0 radical (unpaired) electrons. The molecule has 0 saturated heterocycles. The zero-order valence-corrected chi connectivity index (χ0v) is 17.2. The van der Waals surface area contributed by atoms with Crippen molar-refractivity contribution < 1.29 is 0 Å². The maximum Gasteiger partial charge on any atom is 0.196 e. The van der Waals surface area contributed by atoms with Crippen molar-refractivity contribution in [3.05, 3.63) is 70.0 Å². The third kappa shape index (κ3) is 4.41. The van der Waals surface area contributed by atoms with E-state index in [-0.39, 0.29) is 6.04 Å². The molecule has 4 nitrogen and oxygen atoms in total. The van der Waals surface area contributed by atoms with E-state index in [0.717, 1.165) is 33.0 Å². The Morgan fingerprint density at radius 2 is 1.77 bits per heavy atom. The molecule has 0 aliphatic rings. The molecule has 1 heterocycles. The van der Waals surface area contributed by atoms with Crippen molar-refractivity contribution in [2.24, 2.45) is 0 Å². The van der Waals surface area contributed by atoms with E-state index in [9.17, 15) is 0 Å². The van der Waals surface area contributed by atoms with Gasteiger partial charge in [0.1, 0.15) is 0 Å². The molecule has 3 rings (SSSR count). The number of nitrogens with zero attached hydrogens (tertiary/aromatic N) is 4. The van der Waals surface area contributed by atoms with Crippen LogP contribution in [0.15, 0.2) is 53.7 Å². The van der Waals surface area contributed by atoms with Crippen LogP contribution in [0.5, 0.6) is 0 Å². The van der Waals surface area contributed by atoms with Gasteiger partial charge in [0.15, 0.2) is 11.0 Å². The zero-order chi connectivity index (χ0) is 18.7. The fraction of sp³-hybridized carbons (Fsp3) is 0.263. The van der Waals surface area contributed by atoms with Gasteiger partial charge in [-0.25, -0.2) is 0 Å². The lowest BCUT2D eigenvalue weighted by Crippen LogP contribution is -2.20. The van der Waals surface area contributed by atoms with Crippen molar-refractivity contribution in [3.63, 3.8) is 0 Å². The van der Waals surface area contributed by atoms with Crippen LogP contribution in [-0.2, 0) is 5.75 Å². The van der Waals surface area contributed by atoms with Crippen LogP contribution in [-0.4, -0.2) is 33.8 Å². The summed E-state index contributed by atoms with van der Waals surface area (Å²) in [7, 11) is 4.06. The number of aromatic nitrogens is 3. The maximum absolute atomic E-state index is 6.09. The van der Waals surface area contributed by atoms with Gasteiger partial charge >= 0.3 is 0 Å². The van der Waals surface area contributed by atoms with Crippen LogP contribution in [0.3, 0.4) is 0 Å². The normalized spacial score (nSPS) is 12.5. The second kappa shape index (κ2) is 8.44. The quantitative estimate of drug-likeness (QED) is 0.506. The summed E-state index contributed by atoms with van der Waals surface area (Å²) in [6, 6.07) is 15.7. The molecule has 0 bridgehead atoms. The highest BCUT2D eigenvalue weighted by Gasteiger charge is 2.21. The van der Waals surface area contributed by atoms with E-state index in [1.165, 1.54) is 0 Å². The summed E-state index contributed by atoms with van der Waals surface area (Å²) < 4.78 is 2.09. The van der Waals surface area contributed by atoms with Crippen molar-refractivity contribution in [2.45, 2.75) is 23.9 Å². The Hall–Kier alpha value is -1.53. The van der Waals surface area contributed by atoms with Gasteiger partial charge in [-0.3, -0.25) is 9.47 Å². The van der Waals surface area contributed by atoms with Crippen LogP contribution in [0.1, 0.15) is 24.4 Å². The van der Waals surface area contributed by atoms with Gasteiger partial charge in [0.25, 0.3) is 0 Å². The topological polar surface area (TPSA) is 34.0 Å². The Morgan fingerprint density at radius 3 is 2.42 bits per heavy atom. The predicted molar refractivity (Wildman–Crippen MR) is 109 cm³/mol. The minimum atomic E-state index is 0.124. The Kier molecular flexibility index (Phi) is 6.24. The summed E-state index contributed by atoms with van der Waals surface area (Å²) in [6.07, 6.45) is 0. The fourth-order valence-corrected chi connectivity index (χ4v) is 3.72. The summed E-state index contributed by atoms with van der Waals surface area (Å²) >= 11 is 13.8. The molecular weight excluding hydrogens is 387 g/mol. The maximum atomic E-state index is 6.09. The van der Waals surface area contributed by atoms with Crippen LogP contribution < -0.4 is 0 Å². The van der Waals surface area contributed by atoms with E-state index >= 15 is 0 Å². The first-order chi connectivity index (χ1) is 12.5. The summed E-state index contributed by atoms with van der Waals surface area (Å²) in [5, 5.41) is 11.2. The summed E-state index contributed by atoms with van der Waals surface area (Å²) in [6.45, 7) is 2.11. The van der Waals surface area contributed by atoms with E-state index in [1.807, 2.05) is 56.6 Å². The molecular formula is C19H20Cl2N4S. The van der Waals surface area contributed by atoms with Gasteiger partial charge < -0.3 is 0 Å². The zero-order valence-electron chi connectivity index (χ0n) is 14.9. The molecule has 0 fully saturated rings. The molecule has 0 aliphatic heterocycles. The molecule has 1 aromatic heterocycles. The third-order valence-corrected chi connectivity index (χ3v) is 5.64. The molecule has 136 valence electrons. The molecule has 26 heavy (non-hydrogen) atoms. The fourth-order valence-electron chi connectivity index (χ4n) is 2.48. The van der Waals surface area contributed by atoms with E-state index < -0.39 is 0 Å². The first-order valence-corrected chi connectivity index (χ1v) is 9.95. The Morgan fingerprint density at radius 1 is 1.04 bits per heavy atom. The van der Waals surface area contributed by atoms with Gasteiger partial charge in [-0.2, -0.15) is 0 Å². The lowest BCUT2D eigenvalue weighted by Gasteiger charge is -2.20. The largest absolute Gasteiger partial charge is 0.300 e. The van der Waals surface area contributed by atoms with Crippen molar-refractivity contribution in [1.29, 1.82) is 0 Å². The average Bonchev–Trinajstić information content (AvgIpc) is 3.03. The minimum Gasteiger partial charge on any atom is -0.300 e. The molecule has 0 saturated carbocycles. The lowest BCUT2D eigenvalue weighted by molar-refractivity contribution is 0.305. The van der Waals surface area contributed by atoms with Crippen molar-refractivity contribution in [3.8, 4) is 5.69 Å². The van der Waals surface area contributed by atoms with Crippen LogP contribution in [0.4, 0.5) is 0 Å². The molecule has 0 spiro atoms. The summed E-state index contributed by atoms with van der Waals surface area (Å²) in [4.78, 5) is 2.11. The van der Waals surface area contributed by atoms with Crippen molar-refractivity contribution in [2.75, 3.05) is 14.1 Å². The molecule has 3 aromatic rings. The van der Waals surface area contributed by atoms with Crippen LogP contribution >= 0.6 is 35.0 Å². The predicted octanol–water partition coefficient (Wildman–Crippen LogP) is 5.49. The molecule has 1 atom stereocenters. The van der Waals surface area contributed by atoms with Crippen molar-refractivity contribution >= 4 is 35.0 Å². The van der Waals surface area contributed by atoms with E-state index in [2.05, 4.69) is 32.7 Å². The van der Waals surface area contributed by atoms with Gasteiger partial charge in [-0.1, -0.05) is 47.1 Å². The second-order valence-electron chi connectivity index (χ2n) is 6.21. The number of hydrogen-bond acceptors (Lipinski definition) is 4. The van der Waals surface area contributed by atoms with Crippen LogP contribution in [0.2, 0.25) is 10.0 Å². The van der Waals surface area contributed by atoms with Gasteiger partial charge in [0, 0.05) is 21.5 Å². The number of rotatable bonds is 6. The lowest BCUT2D eigenvalue weighted by atomic mass is 10.2. The standard InChI is InChI=1S/C19H20Cl2N4S/c1-13(24(2)3)18-22-23-19(25(18)17-9-7-15(20)8-10-17)26-12-14-5-4-6-16(21)11-14/h4-11,13H,12H2,1-3H3. The Bertz CT molecular complexity index is 878. The number of halogens is 2. The smallest absolute Gasteiger partial charge is 0.196 e. The number of benzene rings is 2. The Labute approximate surface area is 168 Å². The molecule has 7 heteroatoms. The van der Waals surface area contributed by atoms with E-state index in [1.54, 1.807) is 11.8 Å². The SMILES string of the molecule is CC(c1nnc(SCc2cccc(Cl)c2)n1-c1ccc(Cl)cc1)N(C)C. The van der Waals surface area contributed by atoms with Crippen LogP contribution in [0, 0.1) is 0 Å². The minimum absolute atomic E-state index is 0.124. The third-order valence-electron chi connectivity index (χ3n) is 4.15. The van der Waals surface area contributed by atoms with E-state index in [4.69, 9.17) is 23.2 Å². The first kappa shape index (κ1) is 19.2. The van der Waals surface area contributed by atoms with Gasteiger partial charge in [0.2, 0.25) is 0 Å². The second-order valence-corrected chi connectivity index (χ2v) is 8.03. The van der Waals surface area contributed by atoms with Gasteiger partial charge in [-0.15, -0.1) is 10.2 Å². The monoisotopic (exact) mass is 406 g/mol. The summed E-state index contributed by atoms with van der Waals surface area (Å²) in [5.41, 5.74) is 2.15. The van der Waals surface area contributed by atoms with Gasteiger partial charge in [-0.05, 0) is 63.0 Å². The highest BCUT2D eigenvalue weighted by atomic mass is 35.5. The van der Waals surface area contributed by atoms with Crippen molar-refractivity contribution in [1.82, 2.24) is 19.7 Å². The van der Waals surface area contributed by atoms with Gasteiger partial charge in [0.05, 0.1) is 6.04 Å². The van der Waals surface area contributed by atoms with Crippen LogP contribution in [0.25, 0.3) is 5.69 Å². The summed E-state index contributed by atoms with van der Waals surface area (Å²) in [5.74, 6) is 1.66. The highest BCUT2D eigenvalue weighted by Crippen LogP contribution is 2.29. The molecule has 2 aromatic carbocycles. The number of thioether (sulfide) groups is 1. The molecule has 1 unspecified atom stereocenters. The average molecular weight is 407 g/mol. The first-order valence-electron chi connectivity index (χ1n) is 8.20. The van der Waals surface area contributed by atoms with E-state index in [0.29, 0.717) is 5.02 Å². The number of hydrogen-bond donors (Lipinski definition) is 0.